The Morgan fingerprint density at radius 3 is 2.56 bits per heavy atom. The number of amides is 1. The molecule has 1 aliphatic heterocycles. The van der Waals surface area contributed by atoms with E-state index in [-0.39, 0.29) is 5.91 Å². The average molecular weight is 248 g/mol. The maximum absolute atomic E-state index is 11.3. The molecule has 0 aromatic rings. The minimum absolute atomic E-state index is 0.159. The minimum Gasteiger partial charge on any atom is -0.353 e. The zero-order chi connectivity index (χ0) is 13.4. The molecular formula is C15H24N2O. The van der Waals surface area contributed by atoms with Crippen LogP contribution in [0.1, 0.15) is 26.2 Å². The zero-order valence-corrected chi connectivity index (χ0v) is 11.3. The van der Waals surface area contributed by atoms with Gasteiger partial charge in [-0.25, -0.2) is 0 Å². The van der Waals surface area contributed by atoms with Crippen LogP contribution in [0.4, 0.5) is 0 Å². The van der Waals surface area contributed by atoms with Crippen molar-refractivity contribution >= 4 is 5.91 Å². The van der Waals surface area contributed by atoms with Crippen LogP contribution < -0.4 is 5.32 Å². The molecule has 1 amide bonds. The van der Waals surface area contributed by atoms with Crippen molar-refractivity contribution in [1.82, 2.24) is 10.2 Å². The Balaban J connectivity index is 2.35. The van der Waals surface area contributed by atoms with Gasteiger partial charge in [0.25, 0.3) is 0 Å². The van der Waals surface area contributed by atoms with E-state index in [1.807, 2.05) is 19.1 Å². The first-order valence-electron chi connectivity index (χ1n) is 6.65. The highest BCUT2D eigenvalue weighted by atomic mass is 16.1. The second-order valence-corrected chi connectivity index (χ2v) is 4.65. The van der Waals surface area contributed by atoms with Gasteiger partial charge in [0.1, 0.15) is 0 Å². The molecule has 1 N–H and O–H groups in total. The molecule has 0 aliphatic carbocycles. The van der Waals surface area contributed by atoms with Gasteiger partial charge < -0.3 is 5.32 Å². The van der Waals surface area contributed by atoms with E-state index in [1.54, 1.807) is 6.08 Å². The van der Waals surface area contributed by atoms with Crippen LogP contribution in [0.3, 0.4) is 0 Å². The van der Waals surface area contributed by atoms with Gasteiger partial charge in [-0.1, -0.05) is 38.3 Å². The van der Waals surface area contributed by atoms with Gasteiger partial charge in [-0.2, -0.15) is 0 Å². The van der Waals surface area contributed by atoms with Crippen LogP contribution in [-0.2, 0) is 4.79 Å². The molecule has 0 spiro atoms. The number of rotatable bonds is 6. The molecule has 0 aromatic heterocycles. The molecule has 0 radical (unpaired) electrons. The Morgan fingerprint density at radius 2 is 2.06 bits per heavy atom. The van der Waals surface area contributed by atoms with Gasteiger partial charge in [0.2, 0.25) is 5.91 Å². The molecule has 18 heavy (non-hydrogen) atoms. The number of nitrogens with one attached hydrogen (secondary N) is 1. The van der Waals surface area contributed by atoms with Crippen LogP contribution in [0, 0.1) is 0 Å². The van der Waals surface area contributed by atoms with E-state index in [0.717, 1.165) is 32.5 Å². The third kappa shape index (κ3) is 4.88. The summed E-state index contributed by atoms with van der Waals surface area (Å²) in [5, 5.41) is 3.06. The first kappa shape index (κ1) is 14.7. The Labute approximate surface area is 110 Å². The van der Waals surface area contributed by atoms with Crippen molar-refractivity contribution in [2.75, 3.05) is 19.6 Å². The highest BCUT2D eigenvalue weighted by Gasteiger charge is 2.20. The summed E-state index contributed by atoms with van der Waals surface area (Å²) in [6.45, 7) is 12.4. The van der Waals surface area contributed by atoms with E-state index >= 15 is 0 Å². The van der Waals surface area contributed by atoms with Crippen LogP contribution in [0.5, 0.6) is 0 Å². The average Bonchev–Trinajstić information content (AvgIpc) is 2.40. The molecule has 1 saturated heterocycles. The van der Waals surface area contributed by atoms with Crippen molar-refractivity contribution < 1.29 is 4.79 Å². The van der Waals surface area contributed by atoms with Crippen LogP contribution in [0.2, 0.25) is 0 Å². The van der Waals surface area contributed by atoms with Gasteiger partial charge >= 0.3 is 0 Å². The normalized spacial score (nSPS) is 18.4. The Bertz CT molecular complexity index is 325. The lowest BCUT2D eigenvalue weighted by Crippen LogP contribution is -2.44. The molecule has 0 bridgehead atoms. The van der Waals surface area contributed by atoms with E-state index < -0.39 is 0 Å². The first-order valence-corrected chi connectivity index (χ1v) is 6.65. The number of nitrogens with zero attached hydrogens (tertiary/aromatic N) is 1. The largest absolute Gasteiger partial charge is 0.353 e. The summed E-state index contributed by atoms with van der Waals surface area (Å²) in [5.74, 6) is 0.159. The number of carbonyl (C=O) groups is 1. The summed E-state index contributed by atoms with van der Waals surface area (Å²) in [5.41, 5.74) is 1.20. The minimum atomic E-state index is 0.159. The highest BCUT2D eigenvalue weighted by molar-refractivity contribution is 5.75. The van der Waals surface area contributed by atoms with Crippen molar-refractivity contribution in [2.24, 2.45) is 0 Å². The molecular weight excluding hydrogens is 224 g/mol. The molecule has 3 nitrogen and oxygen atoms in total. The summed E-state index contributed by atoms with van der Waals surface area (Å²) >= 11 is 0. The van der Waals surface area contributed by atoms with Crippen LogP contribution in [-0.4, -0.2) is 36.5 Å². The number of piperidine rings is 1. The summed E-state index contributed by atoms with van der Waals surface area (Å²) in [4.78, 5) is 13.7. The van der Waals surface area contributed by atoms with Crippen molar-refractivity contribution in [2.45, 2.75) is 32.2 Å². The fourth-order valence-electron chi connectivity index (χ4n) is 2.16. The van der Waals surface area contributed by atoms with Crippen LogP contribution in [0.25, 0.3) is 0 Å². The number of hydrogen-bond donors (Lipinski definition) is 1. The first-order chi connectivity index (χ1) is 8.69. The van der Waals surface area contributed by atoms with Crippen LogP contribution in [0.15, 0.2) is 37.0 Å². The predicted molar refractivity (Wildman–Crippen MR) is 76.4 cm³/mol. The van der Waals surface area contributed by atoms with Crippen LogP contribution >= 0.6 is 0 Å². The fourth-order valence-corrected chi connectivity index (χ4v) is 2.16. The quantitative estimate of drug-likeness (QED) is 0.731. The standard InChI is InChI=1S/C15H24N2O/c1-4-7-13(5-2)12-17-10-8-14(9-11-17)16-15(18)6-3/h4-5,7,14H,1-2,6,8-12H2,3H3,(H,16,18)/b13-7+. The van der Waals surface area contributed by atoms with Crippen molar-refractivity contribution in [3.05, 3.63) is 37.0 Å². The molecule has 100 valence electrons. The molecule has 1 rings (SSSR count). The predicted octanol–water partition coefficient (Wildman–Crippen LogP) is 2.28. The Morgan fingerprint density at radius 1 is 1.39 bits per heavy atom. The SMILES string of the molecule is C=C/C=C(\C=C)CN1CCC(NC(=O)CC)CC1. The van der Waals surface area contributed by atoms with E-state index in [1.165, 1.54) is 5.57 Å². The summed E-state index contributed by atoms with van der Waals surface area (Å²) in [6, 6.07) is 0.351. The lowest BCUT2D eigenvalue weighted by atomic mass is 10.0. The van der Waals surface area contributed by atoms with Gasteiger partial charge in [0.15, 0.2) is 0 Å². The molecule has 1 heterocycles. The van der Waals surface area contributed by atoms with E-state index in [0.29, 0.717) is 12.5 Å². The topological polar surface area (TPSA) is 32.3 Å². The summed E-state index contributed by atoms with van der Waals surface area (Å²) in [6.07, 6.45) is 8.31. The molecule has 1 aliphatic rings. The van der Waals surface area contributed by atoms with Gasteiger partial charge in [-0.05, 0) is 18.4 Å². The molecule has 0 aromatic carbocycles. The zero-order valence-electron chi connectivity index (χ0n) is 11.3. The lowest BCUT2D eigenvalue weighted by molar-refractivity contribution is -0.121. The van der Waals surface area contributed by atoms with Crippen molar-refractivity contribution in [3.8, 4) is 0 Å². The van der Waals surface area contributed by atoms with Gasteiger partial charge in [0, 0.05) is 32.1 Å². The lowest BCUT2D eigenvalue weighted by Gasteiger charge is -2.32. The highest BCUT2D eigenvalue weighted by Crippen LogP contribution is 2.12. The third-order valence-corrected chi connectivity index (χ3v) is 3.27. The van der Waals surface area contributed by atoms with Gasteiger partial charge in [-0.15, -0.1) is 0 Å². The van der Waals surface area contributed by atoms with Crippen molar-refractivity contribution in [1.29, 1.82) is 0 Å². The van der Waals surface area contributed by atoms with E-state index in [9.17, 15) is 4.79 Å². The Kier molecular flexibility index (Phi) is 6.44. The maximum Gasteiger partial charge on any atom is 0.219 e. The smallest absolute Gasteiger partial charge is 0.219 e. The summed E-state index contributed by atoms with van der Waals surface area (Å²) < 4.78 is 0. The second kappa shape index (κ2) is 7.88. The molecule has 0 atom stereocenters. The molecule has 3 heteroatoms. The third-order valence-electron chi connectivity index (χ3n) is 3.27. The number of carbonyl (C=O) groups excluding carboxylic acids is 1. The number of allylic oxidation sites excluding steroid dienone is 2. The fraction of sp³-hybridized carbons (Fsp3) is 0.533. The number of likely N-dealkylation sites (tertiary alicyclic amines) is 1. The summed E-state index contributed by atoms with van der Waals surface area (Å²) in [7, 11) is 0. The van der Waals surface area contributed by atoms with Gasteiger partial charge in [0.05, 0.1) is 0 Å². The maximum atomic E-state index is 11.3. The number of hydrogen-bond acceptors (Lipinski definition) is 2. The van der Waals surface area contributed by atoms with E-state index in [2.05, 4.69) is 23.4 Å². The molecule has 0 saturated carbocycles. The molecule has 1 fully saturated rings. The van der Waals surface area contributed by atoms with Crippen molar-refractivity contribution in [3.63, 3.8) is 0 Å². The molecule has 0 unspecified atom stereocenters. The van der Waals surface area contributed by atoms with Gasteiger partial charge in [-0.3, -0.25) is 9.69 Å². The van der Waals surface area contributed by atoms with E-state index in [4.69, 9.17) is 0 Å². The second-order valence-electron chi connectivity index (χ2n) is 4.65. The monoisotopic (exact) mass is 248 g/mol. The Hall–Kier alpha value is -1.35.